The second kappa shape index (κ2) is 7.61. The molecule has 4 nitrogen and oxygen atoms in total. The summed E-state index contributed by atoms with van der Waals surface area (Å²) in [5.74, 6) is 0. The van der Waals surface area contributed by atoms with Gasteiger partial charge >= 0.3 is 0 Å². The molecule has 0 aromatic rings. The van der Waals surface area contributed by atoms with Gasteiger partial charge < -0.3 is 15.5 Å². The van der Waals surface area contributed by atoms with Crippen molar-refractivity contribution in [2.24, 2.45) is 5.73 Å². The van der Waals surface area contributed by atoms with E-state index in [9.17, 15) is 0 Å². The summed E-state index contributed by atoms with van der Waals surface area (Å²) < 4.78 is 0. The highest BCUT2D eigenvalue weighted by molar-refractivity contribution is 5.03. The van der Waals surface area contributed by atoms with E-state index >= 15 is 0 Å². The molecule has 0 amide bonds. The van der Waals surface area contributed by atoms with E-state index in [1.54, 1.807) is 0 Å². The Labute approximate surface area is 100 Å². The minimum atomic E-state index is -0.623. The molecule has 0 aromatic heterocycles. The van der Waals surface area contributed by atoms with Crippen LogP contribution in [0.2, 0.25) is 0 Å². The van der Waals surface area contributed by atoms with Gasteiger partial charge in [-0.2, -0.15) is 5.26 Å². The summed E-state index contributed by atoms with van der Waals surface area (Å²) >= 11 is 0. The smallest absolute Gasteiger partial charge is 0.104 e. The van der Waals surface area contributed by atoms with Crippen molar-refractivity contribution in [3.05, 3.63) is 0 Å². The number of nitrogens with two attached hydrogens (primary N) is 1. The average molecular weight is 226 g/mol. The first-order valence-electron chi connectivity index (χ1n) is 5.97. The van der Waals surface area contributed by atoms with Crippen molar-refractivity contribution in [1.29, 1.82) is 5.26 Å². The maximum absolute atomic E-state index is 8.93. The molecular formula is C12H26N4. The number of hydrogen-bond donors (Lipinski definition) is 1. The molecule has 0 saturated heterocycles. The Bertz CT molecular complexity index is 222. The average Bonchev–Trinajstić information content (AvgIpc) is 2.26. The first kappa shape index (κ1) is 15.4. The van der Waals surface area contributed by atoms with Crippen molar-refractivity contribution in [3.63, 3.8) is 0 Å². The zero-order valence-electron chi connectivity index (χ0n) is 11.2. The fraction of sp³-hybridized carbons (Fsp3) is 0.917. The normalized spacial score (nSPS) is 15.1. The molecule has 0 saturated carbocycles. The molecule has 0 aliphatic rings. The summed E-state index contributed by atoms with van der Waals surface area (Å²) in [4.78, 5) is 4.46. The maximum atomic E-state index is 8.93. The third-order valence-corrected chi connectivity index (χ3v) is 2.95. The van der Waals surface area contributed by atoms with Gasteiger partial charge in [-0.3, -0.25) is 0 Å². The van der Waals surface area contributed by atoms with Crippen LogP contribution < -0.4 is 5.73 Å². The largest absolute Gasteiger partial charge is 0.313 e. The summed E-state index contributed by atoms with van der Waals surface area (Å²) in [5.41, 5.74) is 5.29. The van der Waals surface area contributed by atoms with Gasteiger partial charge in [-0.1, -0.05) is 6.92 Å². The van der Waals surface area contributed by atoms with Crippen molar-refractivity contribution in [3.8, 4) is 6.07 Å². The van der Waals surface area contributed by atoms with Crippen LogP contribution in [0, 0.1) is 11.3 Å². The Balaban J connectivity index is 3.69. The third kappa shape index (κ3) is 6.78. The van der Waals surface area contributed by atoms with Crippen LogP contribution in [-0.2, 0) is 0 Å². The van der Waals surface area contributed by atoms with Crippen molar-refractivity contribution in [2.45, 2.75) is 31.7 Å². The maximum Gasteiger partial charge on any atom is 0.104 e. The SMILES string of the molecule is CCC(N)(C#N)CCCN(C)CCN(C)C. The molecule has 0 aliphatic carbocycles. The molecule has 0 rings (SSSR count). The van der Waals surface area contributed by atoms with E-state index in [1.165, 1.54) is 0 Å². The molecule has 0 radical (unpaired) electrons. The lowest BCUT2D eigenvalue weighted by atomic mass is 9.93. The van der Waals surface area contributed by atoms with Crippen LogP contribution in [0.15, 0.2) is 0 Å². The molecule has 2 N–H and O–H groups in total. The Morgan fingerprint density at radius 1 is 1.19 bits per heavy atom. The van der Waals surface area contributed by atoms with E-state index < -0.39 is 5.54 Å². The molecule has 0 aliphatic heterocycles. The highest BCUT2D eigenvalue weighted by Gasteiger charge is 2.21. The van der Waals surface area contributed by atoms with Gasteiger partial charge in [-0.05, 0) is 47.0 Å². The lowest BCUT2D eigenvalue weighted by molar-refractivity contribution is 0.271. The van der Waals surface area contributed by atoms with Crippen molar-refractivity contribution < 1.29 is 0 Å². The lowest BCUT2D eigenvalue weighted by Crippen LogP contribution is -2.38. The zero-order chi connectivity index (χ0) is 12.6. The Kier molecular flexibility index (Phi) is 7.31. The summed E-state index contributed by atoms with van der Waals surface area (Å²) in [7, 11) is 6.26. The molecule has 16 heavy (non-hydrogen) atoms. The van der Waals surface area contributed by atoms with E-state index in [0.717, 1.165) is 38.9 Å². The number of likely N-dealkylation sites (N-methyl/N-ethyl adjacent to an activating group) is 2. The van der Waals surface area contributed by atoms with Crippen molar-refractivity contribution in [2.75, 3.05) is 40.8 Å². The van der Waals surface area contributed by atoms with Crippen LogP contribution in [0.3, 0.4) is 0 Å². The van der Waals surface area contributed by atoms with Gasteiger partial charge in [0.05, 0.1) is 6.07 Å². The Hall–Kier alpha value is -0.630. The Morgan fingerprint density at radius 3 is 2.25 bits per heavy atom. The standard InChI is InChI=1S/C12H26N4/c1-5-12(14,11-13)7-6-8-16(4)10-9-15(2)3/h5-10,14H2,1-4H3. The number of rotatable bonds is 8. The summed E-state index contributed by atoms with van der Waals surface area (Å²) in [6, 6.07) is 2.20. The van der Waals surface area contributed by atoms with E-state index in [2.05, 4.69) is 37.0 Å². The van der Waals surface area contributed by atoms with E-state index in [-0.39, 0.29) is 0 Å². The van der Waals surface area contributed by atoms with Crippen LogP contribution in [-0.4, -0.2) is 56.1 Å². The lowest BCUT2D eigenvalue weighted by Gasteiger charge is -2.22. The predicted molar refractivity (Wildman–Crippen MR) is 68.1 cm³/mol. The molecule has 4 heteroatoms. The van der Waals surface area contributed by atoms with Gasteiger partial charge in [0.1, 0.15) is 5.54 Å². The predicted octanol–water partition coefficient (Wildman–Crippen LogP) is 0.891. The highest BCUT2D eigenvalue weighted by Crippen LogP contribution is 2.12. The zero-order valence-corrected chi connectivity index (χ0v) is 11.2. The molecule has 1 atom stereocenters. The molecule has 0 fully saturated rings. The van der Waals surface area contributed by atoms with Crippen LogP contribution in [0.5, 0.6) is 0 Å². The van der Waals surface area contributed by atoms with Gasteiger partial charge in [0.25, 0.3) is 0 Å². The fourth-order valence-corrected chi connectivity index (χ4v) is 1.46. The molecule has 1 unspecified atom stereocenters. The summed E-state index contributed by atoms with van der Waals surface area (Å²) in [5, 5.41) is 8.93. The van der Waals surface area contributed by atoms with Crippen molar-refractivity contribution in [1.82, 2.24) is 9.80 Å². The van der Waals surface area contributed by atoms with Gasteiger partial charge in [0, 0.05) is 13.1 Å². The number of nitrogens with zero attached hydrogens (tertiary/aromatic N) is 3. The van der Waals surface area contributed by atoms with Gasteiger partial charge in [-0.15, -0.1) is 0 Å². The van der Waals surface area contributed by atoms with E-state index in [4.69, 9.17) is 11.0 Å². The summed E-state index contributed by atoms with van der Waals surface area (Å²) in [6.07, 6.45) is 2.50. The molecule has 0 spiro atoms. The Morgan fingerprint density at radius 2 is 1.81 bits per heavy atom. The van der Waals surface area contributed by atoms with Crippen LogP contribution in [0.4, 0.5) is 0 Å². The molecule has 94 valence electrons. The number of nitriles is 1. The minimum Gasteiger partial charge on any atom is -0.313 e. The van der Waals surface area contributed by atoms with Crippen LogP contribution >= 0.6 is 0 Å². The van der Waals surface area contributed by atoms with Gasteiger partial charge in [0.2, 0.25) is 0 Å². The highest BCUT2D eigenvalue weighted by atomic mass is 15.1. The molecule has 0 bridgehead atoms. The summed E-state index contributed by atoms with van der Waals surface area (Å²) in [6.45, 7) is 5.10. The molecular weight excluding hydrogens is 200 g/mol. The van der Waals surface area contributed by atoms with Crippen LogP contribution in [0.25, 0.3) is 0 Å². The third-order valence-electron chi connectivity index (χ3n) is 2.95. The molecule has 0 aromatic carbocycles. The van der Waals surface area contributed by atoms with Gasteiger partial charge in [0.15, 0.2) is 0 Å². The quantitative estimate of drug-likeness (QED) is 0.668. The monoisotopic (exact) mass is 226 g/mol. The topological polar surface area (TPSA) is 56.3 Å². The fourth-order valence-electron chi connectivity index (χ4n) is 1.46. The van der Waals surface area contributed by atoms with E-state index in [1.807, 2.05) is 6.92 Å². The minimum absolute atomic E-state index is 0.623. The first-order valence-corrected chi connectivity index (χ1v) is 5.97. The van der Waals surface area contributed by atoms with Crippen molar-refractivity contribution >= 4 is 0 Å². The number of hydrogen-bond acceptors (Lipinski definition) is 4. The second-order valence-electron chi connectivity index (χ2n) is 4.83. The second-order valence-corrected chi connectivity index (χ2v) is 4.83. The molecule has 0 heterocycles. The van der Waals surface area contributed by atoms with Gasteiger partial charge in [-0.25, -0.2) is 0 Å². The van der Waals surface area contributed by atoms with Crippen LogP contribution in [0.1, 0.15) is 26.2 Å². The van der Waals surface area contributed by atoms with E-state index in [0.29, 0.717) is 0 Å². The first-order chi connectivity index (χ1) is 7.43.